The standard InChI is InChI=1S/C16H13NO2/c18-17(19)11-6-7-13-12-4-1-2-5-14(12)16(8-3-9-16)15(13)10-11/h1-2,4-7,10H,3,8-9H2. The molecule has 1 saturated carbocycles. The van der Waals surface area contributed by atoms with Crippen molar-refractivity contribution in [3.05, 3.63) is 63.7 Å². The van der Waals surface area contributed by atoms with Gasteiger partial charge in [0.05, 0.1) is 4.92 Å². The van der Waals surface area contributed by atoms with Crippen molar-refractivity contribution in [3.8, 4) is 11.1 Å². The van der Waals surface area contributed by atoms with Crippen LogP contribution in [-0.2, 0) is 5.41 Å². The van der Waals surface area contributed by atoms with Crippen LogP contribution in [0.2, 0.25) is 0 Å². The average molecular weight is 251 g/mol. The molecule has 3 nitrogen and oxygen atoms in total. The normalized spacial score (nSPS) is 17.7. The van der Waals surface area contributed by atoms with Gasteiger partial charge in [0.25, 0.3) is 5.69 Å². The molecule has 0 atom stereocenters. The minimum atomic E-state index is -0.296. The summed E-state index contributed by atoms with van der Waals surface area (Å²) >= 11 is 0. The van der Waals surface area contributed by atoms with Crippen molar-refractivity contribution >= 4 is 5.69 Å². The van der Waals surface area contributed by atoms with Crippen LogP contribution in [0.25, 0.3) is 11.1 Å². The fourth-order valence-corrected chi connectivity index (χ4v) is 3.63. The van der Waals surface area contributed by atoms with Crippen molar-refractivity contribution in [2.75, 3.05) is 0 Å². The Morgan fingerprint density at radius 1 is 1.00 bits per heavy atom. The summed E-state index contributed by atoms with van der Waals surface area (Å²) in [5, 5.41) is 11.0. The van der Waals surface area contributed by atoms with E-state index in [0.29, 0.717) is 0 Å². The molecule has 2 aliphatic rings. The molecule has 0 radical (unpaired) electrons. The first-order valence-corrected chi connectivity index (χ1v) is 6.61. The Bertz CT molecular complexity index is 702. The number of nitro groups is 1. The van der Waals surface area contributed by atoms with E-state index in [1.807, 2.05) is 12.1 Å². The number of non-ortho nitro benzene ring substituents is 1. The zero-order valence-corrected chi connectivity index (χ0v) is 10.4. The van der Waals surface area contributed by atoms with E-state index < -0.39 is 0 Å². The third kappa shape index (κ3) is 1.22. The number of benzene rings is 2. The van der Waals surface area contributed by atoms with E-state index in [1.54, 1.807) is 12.1 Å². The van der Waals surface area contributed by atoms with Crippen LogP contribution in [0.15, 0.2) is 42.5 Å². The van der Waals surface area contributed by atoms with Gasteiger partial charge in [0.15, 0.2) is 0 Å². The predicted octanol–water partition coefficient (Wildman–Crippen LogP) is 4.05. The number of fused-ring (bicyclic) bond motifs is 5. The van der Waals surface area contributed by atoms with E-state index in [-0.39, 0.29) is 16.0 Å². The third-order valence-electron chi connectivity index (χ3n) is 4.67. The Morgan fingerprint density at radius 2 is 1.74 bits per heavy atom. The van der Waals surface area contributed by atoms with Crippen molar-refractivity contribution < 1.29 is 4.92 Å². The van der Waals surface area contributed by atoms with Gasteiger partial charge in [0, 0.05) is 17.5 Å². The molecule has 0 amide bonds. The van der Waals surface area contributed by atoms with Gasteiger partial charge in [-0.1, -0.05) is 30.7 Å². The second-order valence-electron chi connectivity index (χ2n) is 5.47. The molecule has 1 spiro atoms. The quantitative estimate of drug-likeness (QED) is 0.567. The van der Waals surface area contributed by atoms with E-state index in [2.05, 4.69) is 18.2 Å². The highest BCUT2D eigenvalue weighted by Gasteiger charge is 2.47. The number of rotatable bonds is 1. The van der Waals surface area contributed by atoms with E-state index in [1.165, 1.54) is 23.1 Å². The summed E-state index contributed by atoms with van der Waals surface area (Å²) in [6.07, 6.45) is 3.42. The van der Waals surface area contributed by atoms with Crippen LogP contribution in [0, 0.1) is 10.1 Å². The Morgan fingerprint density at radius 3 is 2.42 bits per heavy atom. The van der Waals surface area contributed by atoms with Crippen LogP contribution in [0.1, 0.15) is 30.4 Å². The number of nitrogens with zero attached hydrogens (tertiary/aromatic N) is 1. The lowest BCUT2D eigenvalue weighted by molar-refractivity contribution is -0.384. The first-order valence-electron chi connectivity index (χ1n) is 6.61. The summed E-state index contributed by atoms with van der Waals surface area (Å²) in [5.74, 6) is 0. The fourth-order valence-electron chi connectivity index (χ4n) is 3.63. The highest BCUT2D eigenvalue weighted by molar-refractivity contribution is 5.82. The van der Waals surface area contributed by atoms with Crippen LogP contribution >= 0.6 is 0 Å². The van der Waals surface area contributed by atoms with E-state index in [9.17, 15) is 10.1 Å². The molecule has 0 saturated heterocycles. The van der Waals surface area contributed by atoms with Crippen molar-refractivity contribution in [1.82, 2.24) is 0 Å². The zero-order chi connectivity index (χ0) is 13.0. The summed E-state index contributed by atoms with van der Waals surface area (Å²) in [5.41, 5.74) is 5.22. The van der Waals surface area contributed by atoms with Gasteiger partial charge in [-0.25, -0.2) is 0 Å². The molecule has 0 heterocycles. The summed E-state index contributed by atoms with van der Waals surface area (Å²) < 4.78 is 0. The SMILES string of the molecule is O=[N+]([O-])c1ccc2c(c1)C1(CCC1)c1ccccc1-2. The van der Waals surface area contributed by atoms with Crippen LogP contribution in [-0.4, -0.2) is 4.92 Å². The van der Waals surface area contributed by atoms with Crippen LogP contribution in [0.4, 0.5) is 5.69 Å². The molecule has 2 aromatic rings. The molecule has 2 aromatic carbocycles. The number of hydrogen-bond acceptors (Lipinski definition) is 2. The van der Waals surface area contributed by atoms with Crippen LogP contribution in [0.3, 0.4) is 0 Å². The molecule has 1 fully saturated rings. The maximum absolute atomic E-state index is 11.0. The highest BCUT2D eigenvalue weighted by Crippen LogP contribution is 2.59. The lowest BCUT2D eigenvalue weighted by Gasteiger charge is -2.40. The van der Waals surface area contributed by atoms with Gasteiger partial charge in [0.2, 0.25) is 0 Å². The van der Waals surface area contributed by atoms with E-state index in [0.717, 1.165) is 18.4 Å². The minimum absolute atomic E-state index is 0.0535. The molecule has 0 aliphatic heterocycles. The molecule has 0 aromatic heterocycles. The van der Waals surface area contributed by atoms with Crippen molar-refractivity contribution in [1.29, 1.82) is 0 Å². The molecule has 19 heavy (non-hydrogen) atoms. The highest BCUT2D eigenvalue weighted by atomic mass is 16.6. The number of hydrogen-bond donors (Lipinski definition) is 0. The van der Waals surface area contributed by atoms with Crippen LogP contribution in [0.5, 0.6) is 0 Å². The second kappa shape index (κ2) is 3.44. The molecule has 3 heteroatoms. The Labute approximate surface area is 111 Å². The van der Waals surface area contributed by atoms with Gasteiger partial charge in [-0.2, -0.15) is 0 Å². The summed E-state index contributed by atoms with van der Waals surface area (Å²) in [7, 11) is 0. The molecular weight excluding hydrogens is 238 g/mol. The molecule has 0 bridgehead atoms. The first-order chi connectivity index (χ1) is 9.22. The zero-order valence-electron chi connectivity index (χ0n) is 10.4. The van der Waals surface area contributed by atoms with Gasteiger partial charge in [-0.15, -0.1) is 0 Å². The predicted molar refractivity (Wildman–Crippen MR) is 73.2 cm³/mol. The summed E-state index contributed by atoms with van der Waals surface area (Å²) in [6.45, 7) is 0. The fraction of sp³-hybridized carbons (Fsp3) is 0.250. The van der Waals surface area contributed by atoms with Crippen LogP contribution < -0.4 is 0 Å². The lowest BCUT2D eigenvalue weighted by Crippen LogP contribution is -2.33. The van der Waals surface area contributed by atoms with Crippen molar-refractivity contribution in [2.24, 2.45) is 0 Å². The average Bonchev–Trinajstić information content (AvgIpc) is 2.68. The Hall–Kier alpha value is -2.16. The minimum Gasteiger partial charge on any atom is -0.258 e. The summed E-state index contributed by atoms with van der Waals surface area (Å²) in [6, 6.07) is 13.7. The second-order valence-corrected chi connectivity index (χ2v) is 5.47. The number of nitro benzene ring substituents is 1. The van der Waals surface area contributed by atoms with Gasteiger partial charge in [-0.05, 0) is 41.2 Å². The lowest BCUT2D eigenvalue weighted by atomic mass is 9.63. The maximum atomic E-state index is 11.0. The van der Waals surface area contributed by atoms with Gasteiger partial charge >= 0.3 is 0 Å². The van der Waals surface area contributed by atoms with Gasteiger partial charge < -0.3 is 0 Å². The Balaban J connectivity index is 2.02. The third-order valence-corrected chi connectivity index (χ3v) is 4.67. The maximum Gasteiger partial charge on any atom is 0.269 e. The van der Waals surface area contributed by atoms with Gasteiger partial charge in [0.1, 0.15) is 0 Å². The van der Waals surface area contributed by atoms with Gasteiger partial charge in [-0.3, -0.25) is 10.1 Å². The topological polar surface area (TPSA) is 43.1 Å². The molecule has 94 valence electrons. The molecule has 4 rings (SSSR count). The smallest absolute Gasteiger partial charge is 0.258 e. The molecule has 0 N–H and O–H groups in total. The molecule has 0 unspecified atom stereocenters. The summed E-state index contributed by atoms with van der Waals surface area (Å²) in [4.78, 5) is 10.7. The largest absolute Gasteiger partial charge is 0.269 e. The monoisotopic (exact) mass is 251 g/mol. The Kier molecular flexibility index (Phi) is 1.94. The molecule has 2 aliphatic carbocycles. The van der Waals surface area contributed by atoms with E-state index >= 15 is 0 Å². The van der Waals surface area contributed by atoms with Crippen molar-refractivity contribution in [2.45, 2.75) is 24.7 Å². The van der Waals surface area contributed by atoms with Crippen molar-refractivity contribution in [3.63, 3.8) is 0 Å². The molecular formula is C16H13NO2. The first kappa shape index (κ1) is 10.7. The van der Waals surface area contributed by atoms with E-state index in [4.69, 9.17) is 0 Å².